The number of carbonyl (C=O) groups excluding carboxylic acids is 2. The van der Waals surface area contributed by atoms with Crippen LogP contribution in [0.1, 0.15) is 26.2 Å². The van der Waals surface area contributed by atoms with E-state index in [1.54, 1.807) is 0 Å². The Morgan fingerprint density at radius 2 is 1.93 bits per heavy atom. The van der Waals surface area contributed by atoms with Gasteiger partial charge in [0.25, 0.3) is 0 Å². The van der Waals surface area contributed by atoms with Gasteiger partial charge < -0.3 is 4.90 Å². The number of rotatable bonds is 8. The van der Waals surface area contributed by atoms with E-state index >= 15 is 0 Å². The number of Topliss-reactive ketones (excluding diaryl/α,β-unsaturated/α-hetero) is 2. The molecule has 0 aliphatic carbocycles. The molecule has 0 fully saturated rings. The van der Waals surface area contributed by atoms with E-state index in [1.807, 2.05) is 19.0 Å². The first-order valence-electron chi connectivity index (χ1n) is 5.25. The molecule has 0 rings (SSSR count). The lowest BCUT2D eigenvalue weighted by molar-refractivity contribution is -0.126. The van der Waals surface area contributed by atoms with Crippen molar-refractivity contribution in [2.24, 2.45) is 5.92 Å². The molecule has 0 aromatic heterocycles. The van der Waals surface area contributed by atoms with Gasteiger partial charge >= 0.3 is 0 Å². The van der Waals surface area contributed by atoms with Gasteiger partial charge in [0.05, 0.1) is 0 Å². The lowest BCUT2D eigenvalue weighted by Gasteiger charge is -2.11. The van der Waals surface area contributed by atoms with E-state index in [2.05, 4.69) is 12.6 Å². The number of hydrogen-bond donors (Lipinski definition) is 1. The lowest BCUT2D eigenvalue weighted by Crippen LogP contribution is -2.19. The molecule has 15 heavy (non-hydrogen) atoms. The molecular formula is C11H21NO2S. The van der Waals surface area contributed by atoms with Crippen molar-refractivity contribution in [3.05, 3.63) is 0 Å². The maximum atomic E-state index is 11.5. The molecular weight excluding hydrogens is 210 g/mol. The minimum absolute atomic E-state index is 0.0611. The largest absolute Gasteiger partial charge is 0.309 e. The second-order valence-electron chi connectivity index (χ2n) is 4.14. The summed E-state index contributed by atoms with van der Waals surface area (Å²) in [4.78, 5) is 24.6. The van der Waals surface area contributed by atoms with Crippen molar-refractivity contribution in [2.75, 3.05) is 26.4 Å². The first-order valence-corrected chi connectivity index (χ1v) is 5.88. The number of nitrogens with zero attached hydrogens (tertiary/aromatic N) is 1. The predicted octanol–water partition coefficient (Wildman–Crippen LogP) is 1.42. The molecule has 0 amide bonds. The molecule has 0 N–H and O–H groups in total. The molecule has 3 nitrogen and oxygen atoms in total. The topological polar surface area (TPSA) is 37.4 Å². The molecule has 0 aromatic rings. The SMILES string of the molecule is CC(=O)[C@H](CS)CC(=O)CCCN(C)C. The molecule has 0 aromatic carbocycles. The molecule has 0 aliphatic heterocycles. The third-order valence-corrected chi connectivity index (χ3v) is 2.77. The first-order chi connectivity index (χ1) is 6.97. The maximum absolute atomic E-state index is 11.5. The van der Waals surface area contributed by atoms with E-state index < -0.39 is 0 Å². The number of hydrogen-bond acceptors (Lipinski definition) is 4. The molecule has 88 valence electrons. The van der Waals surface area contributed by atoms with Gasteiger partial charge in [0.1, 0.15) is 11.6 Å². The molecule has 4 heteroatoms. The number of carbonyl (C=O) groups is 2. The fourth-order valence-corrected chi connectivity index (χ4v) is 1.69. The van der Waals surface area contributed by atoms with Gasteiger partial charge in [-0.25, -0.2) is 0 Å². The smallest absolute Gasteiger partial charge is 0.134 e. The van der Waals surface area contributed by atoms with Crippen LogP contribution < -0.4 is 0 Å². The van der Waals surface area contributed by atoms with Gasteiger partial charge in [0, 0.05) is 24.5 Å². The third kappa shape index (κ3) is 7.56. The fourth-order valence-electron chi connectivity index (χ4n) is 1.31. The zero-order chi connectivity index (χ0) is 11.8. The van der Waals surface area contributed by atoms with E-state index in [9.17, 15) is 9.59 Å². The van der Waals surface area contributed by atoms with Crippen LogP contribution in [0, 0.1) is 5.92 Å². The quantitative estimate of drug-likeness (QED) is 0.642. The van der Waals surface area contributed by atoms with Gasteiger partial charge in [-0.1, -0.05) is 0 Å². The zero-order valence-electron chi connectivity index (χ0n) is 9.82. The summed E-state index contributed by atoms with van der Waals surface area (Å²) in [6, 6.07) is 0. The van der Waals surface area contributed by atoms with Gasteiger partial charge in [0.2, 0.25) is 0 Å². The molecule has 0 saturated heterocycles. The molecule has 0 bridgehead atoms. The van der Waals surface area contributed by atoms with Crippen LogP contribution in [-0.2, 0) is 9.59 Å². The Kier molecular flexibility index (Phi) is 7.70. The molecule has 0 radical (unpaired) electrons. The third-order valence-electron chi connectivity index (χ3n) is 2.33. The van der Waals surface area contributed by atoms with Crippen molar-refractivity contribution in [3.63, 3.8) is 0 Å². The Morgan fingerprint density at radius 3 is 2.33 bits per heavy atom. The van der Waals surface area contributed by atoms with Gasteiger partial charge in [-0.3, -0.25) is 9.59 Å². The van der Waals surface area contributed by atoms with Crippen molar-refractivity contribution in [1.29, 1.82) is 0 Å². The average Bonchev–Trinajstić information content (AvgIpc) is 2.13. The van der Waals surface area contributed by atoms with E-state index in [-0.39, 0.29) is 17.5 Å². The van der Waals surface area contributed by atoms with Crippen LogP contribution in [-0.4, -0.2) is 42.9 Å². The summed E-state index contributed by atoms with van der Waals surface area (Å²) in [6.45, 7) is 2.44. The Bertz CT molecular complexity index is 217. The van der Waals surface area contributed by atoms with Gasteiger partial charge in [-0.05, 0) is 34.0 Å². The molecule has 0 spiro atoms. The minimum atomic E-state index is -0.194. The van der Waals surface area contributed by atoms with E-state index in [0.29, 0.717) is 18.6 Å². The van der Waals surface area contributed by atoms with Crippen LogP contribution in [0.5, 0.6) is 0 Å². The standard InChI is InChI=1S/C11H21NO2S/c1-9(13)10(8-15)7-11(14)5-4-6-12(2)3/h10,15H,4-8H2,1-3H3/t10-/m0/s1. The summed E-state index contributed by atoms with van der Waals surface area (Å²) >= 11 is 4.07. The summed E-state index contributed by atoms with van der Waals surface area (Å²) in [5.41, 5.74) is 0. The summed E-state index contributed by atoms with van der Waals surface area (Å²) < 4.78 is 0. The highest BCUT2D eigenvalue weighted by Gasteiger charge is 2.16. The van der Waals surface area contributed by atoms with Crippen LogP contribution in [0.15, 0.2) is 0 Å². The summed E-state index contributed by atoms with van der Waals surface area (Å²) in [7, 11) is 3.97. The van der Waals surface area contributed by atoms with Gasteiger partial charge in [0.15, 0.2) is 0 Å². The van der Waals surface area contributed by atoms with Crippen LogP contribution in [0.25, 0.3) is 0 Å². The monoisotopic (exact) mass is 231 g/mol. The second-order valence-corrected chi connectivity index (χ2v) is 4.50. The molecule has 0 aliphatic rings. The summed E-state index contributed by atoms with van der Waals surface area (Å²) in [5, 5.41) is 0. The molecule has 1 atom stereocenters. The predicted molar refractivity (Wildman–Crippen MR) is 65.4 cm³/mol. The average molecular weight is 231 g/mol. The molecule has 0 heterocycles. The normalized spacial score (nSPS) is 12.9. The summed E-state index contributed by atoms with van der Waals surface area (Å²) in [5.74, 6) is 0.506. The van der Waals surface area contributed by atoms with Crippen molar-refractivity contribution < 1.29 is 9.59 Å². The van der Waals surface area contributed by atoms with E-state index in [4.69, 9.17) is 0 Å². The Morgan fingerprint density at radius 1 is 1.33 bits per heavy atom. The Labute approximate surface area is 97.6 Å². The Balaban J connectivity index is 3.77. The highest BCUT2D eigenvalue weighted by molar-refractivity contribution is 7.80. The van der Waals surface area contributed by atoms with Crippen LogP contribution in [0.4, 0.5) is 0 Å². The van der Waals surface area contributed by atoms with Crippen LogP contribution in [0.3, 0.4) is 0 Å². The first kappa shape index (κ1) is 14.6. The number of thiol groups is 1. The highest BCUT2D eigenvalue weighted by atomic mass is 32.1. The summed E-state index contributed by atoms with van der Waals surface area (Å²) in [6.07, 6.45) is 1.78. The van der Waals surface area contributed by atoms with Crippen molar-refractivity contribution >= 4 is 24.2 Å². The van der Waals surface area contributed by atoms with E-state index in [1.165, 1.54) is 6.92 Å². The zero-order valence-corrected chi connectivity index (χ0v) is 10.7. The fraction of sp³-hybridized carbons (Fsp3) is 0.818. The van der Waals surface area contributed by atoms with E-state index in [0.717, 1.165) is 13.0 Å². The lowest BCUT2D eigenvalue weighted by atomic mass is 9.98. The van der Waals surface area contributed by atoms with Crippen LogP contribution in [0.2, 0.25) is 0 Å². The highest BCUT2D eigenvalue weighted by Crippen LogP contribution is 2.10. The van der Waals surface area contributed by atoms with Crippen LogP contribution >= 0.6 is 12.6 Å². The van der Waals surface area contributed by atoms with Gasteiger partial charge in [-0.15, -0.1) is 0 Å². The Hall–Kier alpha value is -0.350. The van der Waals surface area contributed by atoms with Crippen molar-refractivity contribution in [2.45, 2.75) is 26.2 Å². The maximum Gasteiger partial charge on any atom is 0.134 e. The second kappa shape index (κ2) is 7.88. The minimum Gasteiger partial charge on any atom is -0.309 e. The molecule has 0 saturated carbocycles. The van der Waals surface area contributed by atoms with Crippen molar-refractivity contribution in [1.82, 2.24) is 4.90 Å². The van der Waals surface area contributed by atoms with Crippen molar-refractivity contribution in [3.8, 4) is 0 Å². The molecule has 0 unspecified atom stereocenters. The van der Waals surface area contributed by atoms with Gasteiger partial charge in [-0.2, -0.15) is 12.6 Å². The number of ketones is 2.